The molecule has 2 N–H and O–H groups in total. The summed E-state index contributed by atoms with van der Waals surface area (Å²) in [6.45, 7) is 5.89. The SMILES string of the molecule is CC(NC(=S)Nc1nc(N2CCCCCC2)cc(N2Cc3ccccc3C2)n1)c1ccccc1. The summed E-state index contributed by atoms with van der Waals surface area (Å²) in [5.74, 6) is 2.46. The average molecular weight is 473 g/mol. The minimum absolute atomic E-state index is 0.0857. The van der Waals surface area contributed by atoms with E-state index >= 15 is 0 Å². The molecule has 1 saturated heterocycles. The largest absolute Gasteiger partial charge is 0.356 e. The molecule has 6 nitrogen and oxygen atoms in total. The van der Waals surface area contributed by atoms with Gasteiger partial charge in [0, 0.05) is 32.2 Å². The minimum Gasteiger partial charge on any atom is -0.356 e. The van der Waals surface area contributed by atoms with Gasteiger partial charge in [-0.3, -0.25) is 0 Å². The number of thiocarbonyl (C=S) groups is 1. The van der Waals surface area contributed by atoms with Crippen molar-refractivity contribution in [3.8, 4) is 0 Å². The zero-order valence-corrected chi connectivity index (χ0v) is 20.5. The van der Waals surface area contributed by atoms with Crippen LogP contribution in [0.3, 0.4) is 0 Å². The van der Waals surface area contributed by atoms with Crippen LogP contribution in [-0.4, -0.2) is 28.2 Å². The lowest BCUT2D eigenvalue weighted by atomic mass is 10.1. The van der Waals surface area contributed by atoms with Crippen molar-refractivity contribution < 1.29 is 0 Å². The molecule has 1 unspecified atom stereocenters. The van der Waals surface area contributed by atoms with E-state index in [0.717, 1.165) is 37.8 Å². The van der Waals surface area contributed by atoms with E-state index in [0.29, 0.717) is 11.1 Å². The first-order valence-corrected chi connectivity index (χ1v) is 12.6. The van der Waals surface area contributed by atoms with Gasteiger partial charge in [-0.15, -0.1) is 0 Å². The van der Waals surface area contributed by atoms with Gasteiger partial charge in [0.1, 0.15) is 11.6 Å². The van der Waals surface area contributed by atoms with E-state index < -0.39 is 0 Å². The molecular formula is C27H32N6S. The van der Waals surface area contributed by atoms with E-state index in [1.807, 2.05) is 18.2 Å². The maximum absolute atomic E-state index is 5.64. The number of rotatable bonds is 5. The fourth-order valence-corrected chi connectivity index (χ4v) is 5.02. The molecule has 2 aliphatic heterocycles. The van der Waals surface area contributed by atoms with Gasteiger partial charge >= 0.3 is 0 Å². The van der Waals surface area contributed by atoms with Gasteiger partial charge in [0.15, 0.2) is 5.11 Å². The van der Waals surface area contributed by atoms with E-state index in [-0.39, 0.29) is 6.04 Å². The van der Waals surface area contributed by atoms with Crippen molar-refractivity contribution >= 4 is 34.9 Å². The van der Waals surface area contributed by atoms with E-state index in [9.17, 15) is 0 Å². The second kappa shape index (κ2) is 10.4. The Morgan fingerprint density at radius 3 is 2.06 bits per heavy atom. The molecule has 0 saturated carbocycles. The minimum atomic E-state index is 0.0857. The second-order valence-corrected chi connectivity index (χ2v) is 9.57. The molecule has 5 rings (SSSR count). The number of hydrogen-bond acceptors (Lipinski definition) is 5. The third-order valence-corrected chi connectivity index (χ3v) is 6.89. The molecule has 1 fully saturated rings. The Morgan fingerprint density at radius 1 is 0.824 bits per heavy atom. The van der Waals surface area contributed by atoms with Crippen LogP contribution in [0.5, 0.6) is 0 Å². The number of benzene rings is 2. The number of fused-ring (bicyclic) bond motifs is 1. The van der Waals surface area contributed by atoms with E-state index in [1.165, 1.54) is 42.4 Å². The molecule has 0 aliphatic carbocycles. The summed E-state index contributed by atoms with van der Waals surface area (Å²) < 4.78 is 0. The van der Waals surface area contributed by atoms with Gasteiger partial charge in [-0.05, 0) is 48.7 Å². The van der Waals surface area contributed by atoms with Crippen molar-refractivity contribution in [2.45, 2.75) is 51.7 Å². The van der Waals surface area contributed by atoms with Crippen LogP contribution in [0.25, 0.3) is 0 Å². The Bertz CT molecular complexity index is 1100. The molecule has 1 atom stereocenters. The van der Waals surface area contributed by atoms with Crippen molar-refractivity contribution in [3.05, 3.63) is 77.4 Å². The normalized spacial score (nSPS) is 16.5. The summed E-state index contributed by atoms with van der Waals surface area (Å²) in [5, 5.41) is 7.17. The first kappa shape index (κ1) is 22.6. The van der Waals surface area contributed by atoms with Crippen molar-refractivity contribution in [3.63, 3.8) is 0 Å². The maximum atomic E-state index is 5.64. The number of nitrogens with one attached hydrogen (secondary N) is 2. The van der Waals surface area contributed by atoms with Crippen molar-refractivity contribution in [2.24, 2.45) is 0 Å². The predicted octanol–water partition coefficient (Wildman–Crippen LogP) is 5.42. The van der Waals surface area contributed by atoms with E-state index in [2.05, 4.69) is 69.8 Å². The highest BCUT2D eigenvalue weighted by Gasteiger charge is 2.23. The van der Waals surface area contributed by atoms with Gasteiger partial charge in [-0.25, -0.2) is 0 Å². The molecule has 7 heteroatoms. The predicted molar refractivity (Wildman–Crippen MR) is 143 cm³/mol. The third-order valence-electron chi connectivity index (χ3n) is 6.67. The van der Waals surface area contributed by atoms with Crippen LogP contribution < -0.4 is 20.4 Å². The van der Waals surface area contributed by atoms with Crippen LogP contribution in [0, 0.1) is 0 Å². The van der Waals surface area contributed by atoms with Crippen LogP contribution in [0.2, 0.25) is 0 Å². The zero-order valence-electron chi connectivity index (χ0n) is 19.7. The fourth-order valence-electron chi connectivity index (χ4n) is 4.76. The lowest BCUT2D eigenvalue weighted by Gasteiger charge is -2.25. The van der Waals surface area contributed by atoms with Crippen LogP contribution in [0.1, 0.15) is 55.3 Å². The summed E-state index contributed by atoms with van der Waals surface area (Å²) >= 11 is 5.64. The summed E-state index contributed by atoms with van der Waals surface area (Å²) in [7, 11) is 0. The van der Waals surface area contributed by atoms with Crippen molar-refractivity contribution in [2.75, 3.05) is 28.2 Å². The Morgan fingerprint density at radius 2 is 1.41 bits per heavy atom. The molecular weight excluding hydrogens is 440 g/mol. The van der Waals surface area contributed by atoms with Gasteiger partial charge in [-0.1, -0.05) is 67.4 Å². The van der Waals surface area contributed by atoms with Crippen LogP contribution in [0.15, 0.2) is 60.7 Å². The van der Waals surface area contributed by atoms with E-state index in [4.69, 9.17) is 22.2 Å². The molecule has 3 heterocycles. The van der Waals surface area contributed by atoms with Crippen LogP contribution in [0.4, 0.5) is 17.6 Å². The van der Waals surface area contributed by atoms with Crippen molar-refractivity contribution in [1.82, 2.24) is 15.3 Å². The van der Waals surface area contributed by atoms with Gasteiger partial charge in [0.2, 0.25) is 5.95 Å². The van der Waals surface area contributed by atoms with Gasteiger partial charge < -0.3 is 20.4 Å². The maximum Gasteiger partial charge on any atom is 0.232 e. The quantitative estimate of drug-likeness (QED) is 0.481. The number of aromatic nitrogens is 2. The highest BCUT2D eigenvalue weighted by atomic mass is 32.1. The lowest BCUT2D eigenvalue weighted by Crippen LogP contribution is -2.32. The first-order chi connectivity index (χ1) is 16.7. The molecule has 0 bridgehead atoms. The fraction of sp³-hybridized carbons (Fsp3) is 0.370. The first-order valence-electron chi connectivity index (χ1n) is 12.2. The molecule has 176 valence electrons. The topological polar surface area (TPSA) is 56.3 Å². The second-order valence-electron chi connectivity index (χ2n) is 9.16. The summed E-state index contributed by atoms with van der Waals surface area (Å²) in [4.78, 5) is 14.5. The van der Waals surface area contributed by atoms with Gasteiger partial charge in [0.25, 0.3) is 0 Å². The number of nitrogens with zero attached hydrogens (tertiary/aromatic N) is 4. The summed E-state index contributed by atoms with van der Waals surface area (Å²) in [5.41, 5.74) is 3.91. The smallest absolute Gasteiger partial charge is 0.232 e. The Kier molecular flexibility index (Phi) is 6.90. The molecule has 34 heavy (non-hydrogen) atoms. The van der Waals surface area contributed by atoms with Gasteiger partial charge in [-0.2, -0.15) is 9.97 Å². The molecule has 2 aromatic carbocycles. The van der Waals surface area contributed by atoms with Crippen molar-refractivity contribution in [1.29, 1.82) is 0 Å². The zero-order chi connectivity index (χ0) is 23.3. The monoisotopic (exact) mass is 472 g/mol. The molecule has 3 aromatic rings. The molecule has 0 amide bonds. The molecule has 0 radical (unpaired) electrons. The lowest BCUT2D eigenvalue weighted by molar-refractivity contribution is 0.722. The number of hydrogen-bond donors (Lipinski definition) is 2. The molecule has 2 aliphatic rings. The van der Waals surface area contributed by atoms with E-state index in [1.54, 1.807) is 0 Å². The Hall–Kier alpha value is -3.19. The highest BCUT2D eigenvalue weighted by Crippen LogP contribution is 2.30. The third kappa shape index (κ3) is 5.30. The summed E-state index contributed by atoms with van der Waals surface area (Å²) in [6, 6.07) is 21.1. The average Bonchev–Trinajstić information content (AvgIpc) is 3.10. The van der Waals surface area contributed by atoms with Gasteiger partial charge in [0.05, 0.1) is 6.04 Å². The number of anilines is 3. The molecule has 1 aromatic heterocycles. The molecule has 0 spiro atoms. The van der Waals surface area contributed by atoms with Crippen LogP contribution >= 0.6 is 12.2 Å². The highest BCUT2D eigenvalue weighted by molar-refractivity contribution is 7.80. The summed E-state index contributed by atoms with van der Waals surface area (Å²) in [6.07, 6.45) is 4.97. The Balaban J connectivity index is 1.37. The standard InChI is InChI=1S/C27H32N6S/c1-20(21-11-5-4-6-12-21)28-27(34)31-26-29-24(32-15-9-2-3-10-16-32)17-25(30-26)33-18-22-13-7-8-14-23(22)19-33/h4-8,11-14,17,20H,2-3,9-10,15-16,18-19H2,1H3,(H2,28,29,30,31,34). The van der Waals surface area contributed by atoms with Crippen LogP contribution in [-0.2, 0) is 13.1 Å². The Labute approximate surface area is 207 Å².